The highest BCUT2D eigenvalue weighted by Gasteiger charge is 2.16. The lowest BCUT2D eigenvalue weighted by Gasteiger charge is -2.06. The van der Waals surface area contributed by atoms with Crippen molar-refractivity contribution in [1.82, 2.24) is 4.98 Å². The molecule has 0 fully saturated rings. The lowest BCUT2D eigenvalue weighted by atomic mass is 10.0. The fraction of sp³-hybridized carbons (Fsp3) is 0.375. The van der Waals surface area contributed by atoms with Gasteiger partial charge in [-0.2, -0.15) is 0 Å². The van der Waals surface area contributed by atoms with Gasteiger partial charge in [-0.15, -0.1) is 0 Å². The molecule has 0 saturated heterocycles. The number of carboxylic acid groups (broad SMARTS) is 1. The van der Waals surface area contributed by atoms with Crippen LogP contribution < -0.4 is 0 Å². The molecule has 1 aromatic carbocycles. The van der Waals surface area contributed by atoms with Gasteiger partial charge in [-0.1, -0.05) is 38.1 Å². The molecule has 1 N–H and O–H groups in total. The summed E-state index contributed by atoms with van der Waals surface area (Å²) >= 11 is 0. The first kappa shape index (κ1) is 14.3. The first-order valence-corrected chi connectivity index (χ1v) is 6.73. The zero-order valence-corrected chi connectivity index (χ0v) is 12.0. The van der Waals surface area contributed by atoms with Gasteiger partial charge in [-0.05, 0) is 17.9 Å². The zero-order chi connectivity index (χ0) is 14.7. The van der Waals surface area contributed by atoms with Crippen molar-refractivity contribution in [3.63, 3.8) is 0 Å². The van der Waals surface area contributed by atoms with Crippen LogP contribution in [0.3, 0.4) is 0 Å². The van der Waals surface area contributed by atoms with Crippen LogP contribution in [0.25, 0.3) is 11.3 Å². The fourth-order valence-corrected chi connectivity index (χ4v) is 2.22. The number of benzene rings is 1. The van der Waals surface area contributed by atoms with E-state index in [1.165, 1.54) is 5.56 Å². The number of oxazole rings is 1. The molecule has 106 valence electrons. The number of hydrogen-bond acceptors (Lipinski definition) is 3. The van der Waals surface area contributed by atoms with Gasteiger partial charge in [0, 0.05) is 12.5 Å². The Hall–Kier alpha value is -2.10. The molecular formula is C16H19NO3. The maximum atomic E-state index is 10.8. The van der Waals surface area contributed by atoms with E-state index in [0.29, 0.717) is 23.3 Å². The summed E-state index contributed by atoms with van der Waals surface area (Å²) in [7, 11) is 0. The summed E-state index contributed by atoms with van der Waals surface area (Å²) in [6, 6.07) is 8.06. The van der Waals surface area contributed by atoms with Gasteiger partial charge in [0.25, 0.3) is 0 Å². The Morgan fingerprint density at radius 3 is 2.50 bits per heavy atom. The largest absolute Gasteiger partial charge is 0.481 e. The van der Waals surface area contributed by atoms with E-state index in [9.17, 15) is 4.79 Å². The number of hydrogen-bond donors (Lipinski definition) is 1. The van der Waals surface area contributed by atoms with Gasteiger partial charge in [0.1, 0.15) is 17.9 Å². The van der Waals surface area contributed by atoms with Gasteiger partial charge in [0.15, 0.2) is 5.89 Å². The smallest absolute Gasteiger partial charge is 0.311 e. The summed E-state index contributed by atoms with van der Waals surface area (Å²) in [4.78, 5) is 15.1. The Labute approximate surface area is 118 Å². The minimum atomic E-state index is -0.918. The second-order valence-electron chi connectivity index (χ2n) is 5.37. The molecule has 0 aliphatic heterocycles. The molecular weight excluding hydrogens is 254 g/mol. The summed E-state index contributed by atoms with van der Waals surface area (Å²) in [5.74, 6) is 0.589. The van der Waals surface area contributed by atoms with Crippen LogP contribution in [0.1, 0.15) is 31.1 Å². The minimum absolute atomic E-state index is 0.149. The van der Waals surface area contributed by atoms with Crippen molar-refractivity contribution >= 4 is 5.97 Å². The van der Waals surface area contributed by atoms with E-state index < -0.39 is 5.97 Å². The van der Waals surface area contributed by atoms with E-state index >= 15 is 0 Å². The molecule has 2 rings (SSSR count). The number of rotatable bonds is 5. The second-order valence-corrected chi connectivity index (χ2v) is 5.37. The van der Waals surface area contributed by atoms with Crippen molar-refractivity contribution in [2.24, 2.45) is 5.92 Å². The van der Waals surface area contributed by atoms with Crippen molar-refractivity contribution in [3.8, 4) is 11.3 Å². The highest BCUT2D eigenvalue weighted by Crippen LogP contribution is 2.25. The summed E-state index contributed by atoms with van der Waals surface area (Å²) in [5, 5.41) is 8.90. The number of aromatic nitrogens is 1. The van der Waals surface area contributed by atoms with Crippen molar-refractivity contribution in [2.75, 3.05) is 0 Å². The highest BCUT2D eigenvalue weighted by molar-refractivity contribution is 5.73. The molecule has 4 nitrogen and oxygen atoms in total. The summed E-state index contributed by atoms with van der Waals surface area (Å²) in [6.07, 6.45) is 0.879. The van der Waals surface area contributed by atoms with Crippen LogP contribution in [0, 0.1) is 12.8 Å². The van der Waals surface area contributed by atoms with E-state index in [1.54, 1.807) is 6.92 Å². The number of nitrogens with zero attached hydrogens (tertiary/aromatic N) is 1. The molecule has 2 aromatic rings. The quantitative estimate of drug-likeness (QED) is 0.906. The highest BCUT2D eigenvalue weighted by atomic mass is 16.4. The molecule has 0 unspecified atom stereocenters. The predicted molar refractivity (Wildman–Crippen MR) is 76.6 cm³/mol. The van der Waals surface area contributed by atoms with Crippen LogP contribution in [0.5, 0.6) is 0 Å². The van der Waals surface area contributed by atoms with Crippen LogP contribution in [0.2, 0.25) is 0 Å². The average Bonchev–Trinajstić information content (AvgIpc) is 2.69. The molecule has 0 spiro atoms. The molecule has 0 bridgehead atoms. The first-order valence-electron chi connectivity index (χ1n) is 6.73. The molecule has 1 heterocycles. The van der Waals surface area contributed by atoms with Crippen LogP contribution in [-0.4, -0.2) is 16.1 Å². The van der Waals surface area contributed by atoms with Gasteiger partial charge in [0.05, 0.1) is 0 Å². The Kier molecular flexibility index (Phi) is 4.23. The summed E-state index contributed by atoms with van der Waals surface area (Å²) in [5.41, 5.74) is 2.79. The Bertz CT molecular complexity index is 597. The fourth-order valence-electron chi connectivity index (χ4n) is 2.22. The molecule has 0 radical (unpaired) electrons. The third kappa shape index (κ3) is 3.47. The van der Waals surface area contributed by atoms with Crippen LogP contribution >= 0.6 is 0 Å². The maximum absolute atomic E-state index is 10.8. The van der Waals surface area contributed by atoms with E-state index in [-0.39, 0.29) is 6.42 Å². The SMILES string of the molecule is Cc1nc(-c2ccc(CC(C)C)cc2)c(CC(=O)O)o1. The minimum Gasteiger partial charge on any atom is -0.481 e. The van der Waals surface area contributed by atoms with Crippen molar-refractivity contribution in [3.05, 3.63) is 41.5 Å². The molecule has 20 heavy (non-hydrogen) atoms. The predicted octanol–water partition coefficient (Wildman–Crippen LogP) is 3.48. The van der Waals surface area contributed by atoms with Crippen LogP contribution in [-0.2, 0) is 17.6 Å². The zero-order valence-electron chi connectivity index (χ0n) is 12.0. The monoisotopic (exact) mass is 273 g/mol. The third-order valence-electron chi connectivity index (χ3n) is 2.99. The second kappa shape index (κ2) is 5.90. The standard InChI is InChI=1S/C16H19NO3/c1-10(2)8-12-4-6-13(7-5-12)16-14(9-15(18)19)20-11(3)17-16/h4-7,10H,8-9H2,1-3H3,(H,18,19). The Morgan fingerprint density at radius 1 is 1.30 bits per heavy atom. The molecule has 1 aromatic heterocycles. The van der Waals surface area contributed by atoms with E-state index in [2.05, 4.69) is 31.0 Å². The van der Waals surface area contributed by atoms with Crippen LogP contribution in [0.15, 0.2) is 28.7 Å². The first-order chi connectivity index (χ1) is 9.45. The number of carboxylic acids is 1. The third-order valence-corrected chi connectivity index (χ3v) is 2.99. The molecule has 0 saturated carbocycles. The molecule has 0 atom stereocenters. The molecule has 0 aliphatic carbocycles. The van der Waals surface area contributed by atoms with Crippen molar-refractivity contribution in [1.29, 1.82) is 0 Å². The molecule has 4 heteroatoms. The van der Waals surface area contributed by atoms with Gasteiger partial charge < -0.3 is 9.52 Å². The van der Waals surface area contributed by atoms with Crippen molar-refractivity contribution < 1.29 is 14.3 Å². The average molecular weight is 273 g/mol. The topological polar surface area (TPSA) is 63.3 Å². The number of aryl methyl sites for hydroxylation is 1. The van der Waals surface area contributed by atoms with Crippen LogP contribution in [0.4, 0.5) is 0 Å². The maximum Gasteiger partial charge on any atom is 0.311 e. The number of carbonyl (C=O) groups is 1. The summed E-state index contributed by atoms with van der Waals surface area (Å²) in [6.45, 7) is 6.09. The Morgan fingerprint density at radius 2 is 1.95 bits per heavy atom. The Balaban J connectivity index is 2.29. The number of aliphatic carboxylic acids is 1. The lowest BCUT2D eigenvalue weighted by molar-refractivity contribution is -0.136. The van der Waals surface area contributed by atoms with Gasteiger partial charge in [-0.25, -0.2) is 4.98 Å². The van der Waals surface area contributed by atoms with Gasteiger partial charge >= 0.3 is 5.97 Å². The normalized spacial score (nSPS) is 11.0. The molecule has 0 aliphatic rings. The lowest BCUT2D eigenvalue weighted by Crippen LogP contribution is -2.00. The van der Waals surface area contributed by atoms with Crippen molar-refractivity contribution in [2.45, 2.75) is 33.6 Å². The van der Waals surface area contributed by atoms with E-state index in [4.69, 9.17) is 9.52 Å². The molecule has 0 amide bonds. The van der Waals surface area contributed by atoms with E-state index in [0.717, 1.165) is 12.0 Å². The van der Waals surface area contributed by atoms with Gasteiger partial charge in [-0.3, -0.25) is 4.79 Å². The van der Waals surface area contributed by atoms with E-state index in [1.807, 2.05) is 12.1 Å². The van der Waals surface area contributed by atoms with Gasteiger partial charge in [0.2, 0.25) is 0 Å². The summed E-state index contributed by atoms with van der Waals surface area (Å²) < 4.78 is 5.38.